The van der Waals surface area contributed by atoms with E-state index >= 15 is 0 Å². The van der Waals surface area contributed by atoms with E-state index in [1.165, 1.54) is 12.1 Å². The van der Waals surface area contributed by atoms with Gasteiger partial charge < -0.3 is 40.1 Å². The van der Waals surface area contributed by atoms with Crippen molar-refractivity contribution in [2.75, 3.05) is 0 Å². The fourth-order valence-electron chi connectivity index (χ4n) is 4.78. The molecule has 0 unspecified atom stereocenters. The molecule has 0 spiro atoms. The molecule has 4 aromatic rings. The average molecular weight is 597 g/mol. The fraction of sp³-hybridized carbons (Fsp3) is 0.167. The van der Waals surface area contributed by atoms with Crippen LogP contribution in [0.5, 0.6) is 46.0 Å². The quantitative estimate of drug-likeness (QED) is 0.0702. The topological polar surface area (TPSA) is 140 Å². The molecule has 0 aromatic heterocycles. The van der Waals surface area contributed by atoms with Crippen molar-refractivity contribution >= 4 is 6.08 Å². The molecule has 8 heteroatoms. The van der Waals surface area contributed by atoms with E-state index in [1.54, 1.807) is 42.5 Å². The number of rotatable bonds is 13. The summed E-state index contributed by atoms with van der Waals surface area (Å²) in [6.45, 7) is 9.37. The second kappa shape index (κ2) is 14.3. The van der Waals surface area contributed by atoms with Crippen molar-refractivity contribution < 1.29 is 40.1 Å². The molecule has 4 aromatic carbocycles. The summed E-state index contributed by atoms with van der Waals surface area (Å²) >= 11 is 0. The smallest absolute Gasteiger partial charge is 0.201 e. The predicted octanol–water partition coefficient (Wildman–Crippen LogP) is 7.22. The summed E-state index contributed by atoms with van der Waals surface area (Å²) in [5.41, 5.74) is 2.78. The molecule has 0 aliphatic heterocycles. The van der Waals surface area contributed by atoms with Crippen molar-refractivity contribution in [1.82, 2.24) is 0 Å². The molecule has 6 N–H and O–H groups in total. The number of hydrogen-bond donors (Lipinski definition) is 6. The molecule has 228 valence electrons. The monoisotopic (exact) mass is 596 g/mol. The lowest BCUT2D eigenvalue weighted by Gasteiger charge is -2.23. The van der Waals surface area contributed by atoms with Crippen LogP contribution in [0.25, 0.3) is 6.08 Å². The third-order valence-electron chi connectivity index (χ3n) is 6.96. The molecule has 44 heavy (non-hydrogen) atoms. The predicted molar refractivity (Wildman–Crippen MR) is 170 cm³/mol. The summed E-state index contributed by atoms with van der Waals surface area (Å²) in [4.78, 5) is 0. The Labute approximate surface area is 256 Å². The third kappa shape index (κ3) is 7.42. The van der Waals surface area contributed by atoms with Gasteiger partial charge in [0, 0.05) is 12.0 Å². The van der Waals surface area contributed by atoms with Crippen LogP contribution in [0.1, 0.15) is 40.8 Å². The lowest BCUT2D eigenvalue weighted by atomic mass is 9.92. The van der Waals surface area contributed by atoms with Gasteiger partial charge in [-0.1, -0.05) is 48.6 Å². The van der Waals surface area contributed by atoms with E-state index < -0.39 is 35.2 Å². The summed E-state index contributed by atoms with van der Waals surface area (Å²) in [7, 11) is 0. The summed E-state index contributed by atoms with van der Waals surface area (Å²) in [6, 6.07) is 18.0. The minimum absolute atomic E-state index is 0.0703. The Kier molecular flexibility index (Phi) is 10.3. The van der Waals surface area contributed by atoms with Crippen LogP contribution in [0, 0.1) is 0 Å². The van der Waals surface area contributed by atoms with Gasteiger partial charge in [-0.3, -0.25) is 0 Å². The van der Waals surface area contributed by atoms with Gasteiger partial charge in [-0.25, -0.2) is 0 Å². The molecule has 0 heterocycles. The normalized spacial score (nSPS) is 12.5. The molecular formula is C36H36O8. The molecule has 0 aliphatic carbocycles. The summed E-state index contributed by atoms with van der Waals surface area (Å²) in [5, 5.41) is 64.6. The van der Waals surface area contributed by atoms with E-state index in [0.717, 1.165) is 17.2 Å². The van der Waals surface area contributed by atoms with Crippen LogP contribution in [0.3, 0.4) is 0 Å². The van der Waals surface area contributed by atoms with Crippen molar-refractivity contribution in [3.63, 3.8) is 0 Å². The number of allylic oxidation sites excluding steroid dienone is 3. The van der Waals surface area contributed by atoms with E-state index in [1.807, 2.05) is 37.3 Å². The van der Waals surface area contributed by atoms with E-state index in [0.29, 0.717) is 29.0 Å². The highest BCUT2D eigenvalue weighted by molar-refractivity contribution is 5.60. The molecular weight excluding hydrogens is 560 g/mol. The van der Waals surface area contributed by atoms with Gasteiger partial charge in [0.25, 0.3) is 0 Å². The van der Waals surface area contributed by atoms with Gasteiger partial charge in [-0.15, -0.1) is 13.2 Å². The molecule has 0 fully saturated rings. The zero-order chi connectivity index (χ0) is 31.8. The molecule has 0 amide bonds. The second-order valence-electron chi connectivity index (χ2n) is 10.2. The Hall–Kier alpha value is -5.18. The highest BCUT2D eigenvalue weighted by atomic mass is 16.5. The Morgan fingerprint density at radius 3 is 2.16 bits per heavy atom. The van der Waals surface area contributed by atoms with Gasteiger partial charge in [-0.05, 0) is 84.5 Å². The lowest BCUT2D eigenvalue weighted by Crippen LogP contribution is -2.22. The number of benzene rings is 4. The van der Waals surface area contributed by atoms with Crippen LogP contribution >= 0.6 is 0 Å². The minimum atomic E-state index is -1.56. The first kappa shape index (κ1) is 31.7. The van der Waals surface area contributed by atoms with E-state index in [2.05, 4.69) is 13.2 Å². The van der Waals surface area contributed by atoms with Crippen LogP contribution in [-0.2, 0) is 19.3 Å². The Balaban J connectivity index is 1.66. The molecule has 2 atom stereocenters. The lowest BCUT2D eigenvalue weighted by molar-refractivity contribution is 0.0183. The highest BCUT2D eigenvalue weighted by Crippen LogP contribution is 2.45. The SMILES string of the molecule is C=CCc1ccc(Oc2c(O)c(O)cc(CC=C)c2C[C@@H](O)[C@@H](O)c2cc(O)c(O)c(Oc3cccc(/C=C\C)c3)c2)cc1. The van der Waals surface area contributed by atoms with Gasteiger partial charge in [-0.2, -0.15) is 0 Å². The number of aliphatic hydroxyl groups excluding tert-OH is 2. The Morgan fingerprint density at radius 1 is 0.773 bits per heavy atom. The van der Waals surface area contributed by atoms with Crippen molar-refractivity contribution in [3.05, 3.63) is 126 Å². The second-order valence-corrected chi connectivity index (χ2v) is 10.2. The maximum Gasteiger partial charge on any atom is 0.201 e. The van der Waals surface area contributed by atoms with Crippen molar-refractivity contribution in [2.45, 2.75) is 38.4 Å². The average Bonchev–Trinajstić information content (AvgIpc) is 3.00. The summed E-state index contributed by atoms with van der Waals surface area (Å²) in [5.74, 6) is -1.46. The third-order valence-corrected chi connectivity index (χ3v) is 6.96. The van der Waals surface area contributed by atoms with Crippen LogP contribution < -0.4 is 9.47 Å². The van der Waals surface area contributed by atoms with Crippen molar-refractivity contribution in [1.29, 1.82) is 0 Å². The van der Waals surface area contributed by atoms with E-state index in [4.69, 9.17) is 9.47 Å². The zero-order valence-corrected chi connectivity index (χ0v) is 24.4. The Bertz CT molecular complexity index is 1660. The number of hydrogen-bond acceptors (Lipinski definition) is 8. The molecule has 0 aliphatic rings. The minimum Gasteiger partial charge on any atom is -0.504 e. The van der Waals surface area contributed by atoms with E-state index in [-0.39, 0.29) is 29.9 Å². The van der Waals surface area contributed by atoms with Crippen molar-refractivity contribution in [2.24, 2.45) is 0 Å². The molecule has 8 nitrogen and oxygen atoms in total. The number of aromatic hydroxyl groups is 4. The zero-order valence-electron chi connectivity index (χ0n) is 24.4. The number of phenols is 4. The van der Waals surface area contributed by atoms with Crippen LogP contribution in [0.4, 0.5) is 0 Å². The van der Waals surface area contributed by atoms with Gasteiger partial charge in [0.05, 0.1) is 6.10 Å². The first-order chi connectivity index (χ1) is 21.1. The Morgan fingerprint density at radius 2 is 1.48 bits per heavy atom. The van der Waals surface area contributed by atoms with Gasteiger partial charge in [0.1, 0.15) is 17.6 Å². The number of aliphatic hydroxyl groups is 2. The first-order valence-corrected chi connectivity index (χ1v) is 14.0. The van der Waals surface area contributed by atoms with Crippen molar-refractivity contribution in [3.8, 4) is 46.0 Å². The number of phenolic OH excluding ortho intramolecular Hbond substituents is 4. The van der Waals surface area contributed by atoms with Gasteiger partial charge in [0.2, 0.25) is 11.5 Å². The van der Waals surface area contributed by atoms with Gasteiger partial charge in [0.15, 0.2) is 23.0 Å². The summed E-state index contributed by atoms with van der Waals surface area (Å²) < 4.78 is 11.8. The fourth-order valence-corrected chi connectivity index (χ4v) is 4.78. The summed E-state index contributed by atoms with van der Waals surface area (Å²) in [6.07, 6.45) is 4.79. The highest BCUT2D eigenvalue weighted by Gasteiger charge is 2.27. The number of ether oxygens (including phenoxy) is 2. The molecule has 0 saturated heterocycles. The van der Waals surface area contributed by atoms with Gasteiger partial charge >= 0.3 is 0 Å². The largest absolute Gasteiger partial charge is 0.504 e. The molecule has 0 saturated carbocycles. The van der Waals surface area contributed by atoms with E-state index in [9.17, 15) is 30.6 Å². The van der Waals surface area contributed by atoms with Crippen LogP contribution in [0.15, 0.2) is 98.1 Å². The maximum atomic E-state index is 11.2. The first-order valence-electron chi connectivity index (χ1n) is 14.0. The molecule has 0 radical (unpaired) electrons. The molecule has 4 rings (SSSR count). The van der Waals surface area contributed by atoms with Crippen LogP contribution in [-0.4, -0.2) is 36.7 Å². The maximum absolute atomic E-state index is 11.2. The van der Waals surface area contributed by atoms with Crippen LogP contribution in [0.2, 0.25) is 0 Å². The standard InChI is InChI=1S/C36H36O8/c1-4-8-22-13-15-26(16-14-22)44-36-28(24(10-6-3)18-30(38)35(36)42)21-31(39)33(40)25-19-29(37)34(41)32(20-25)43-27-12-7-11-23(17-27)9-5-2/h4-7,9,11-20,31,33,37-42H,1,3,8,10,21H2,2H3/b9-5-/t31-,33+/m1/s1. The molecule has 0 bridgehead atoms.